The fraction of sp³-hybridized carbons (Fsp3) is 0.0833. The predicted molar refractivity (Wildman–Crippen MR) is 117 cm³/mol. The second kappa shape index (κ2) is 7.21. The molecule has 1 aliphatic heterocycles. The van der Waals surface area contributed by atoms with Gasteiger partial charge in [-0.25, -0.2) is 0 Å². The molecule has 0 unspecified atom stereocenters. The Kier molecular flexibility index (Phi) is 4.36. The van der Waals surface area contributed by atoms with E-state index in [-0.39, 0.29) is 11.6 Å². The van der Waals surface area contributed by atoms with E-state index in [1.807, 2.05) is 61.5 Å². The van der Waals surface area contributed by atoms with Gasteiger partial charge in [-0.15, -0.1) is 0 Å². The number of amides is 1. The fourth-order valence-corrected chi connectivity index (χ4v) is 4.11. The van der Waals surface area contributed by atoms with E-state index in [2.05, 4.69) is 10.2 Å². The number of para-hydroxylation sites is 2. The molecule has 7 nitrogen and oxygen atoms in total. The van der Waals surface area contributed by atoms with Gasteiger partial charge in [0, 0.05) is 22.9 Å². The monoisotopic (exact) mass is 410 g/mol. The molecular weight excluding hydrogens is 392 g/mol. The van der Waals surface area contributed by atoms with Crippen LogP contribution in [0.1, 0.15) is 33.2 Å². The number of hydrogen-bond donors (Lipinski definition) is 1. The number of carbonyl (C=O) groups excluding carboxylic acids is 1. The van der Waals surface area contributed by atoms with E-state index < -0.39 is 11.0 Å². The van der Waals surface area contributed by atoms with Gasteiger partial charge < -0.3 is 0 Å². The third-order valence-electron chi connectivity index (χ3n) is 5.56. The summed E-state index contributed by atoms with van der Waals surface area (Å²) in [5.41, 5.74) is 4.63. The van der Waals surface area contributed by atoms with Crippen molar-refractivity contribution in [2.75, 3.05) is 4.90 Å². The van der Waals surface area contributed by atoms with Crippen LogP contribution in [0.25, 0.3) is 11.3 Å². The average molecular weight is 410 g/mol. The van der Waals surface area contributed by atoms with Crippen LogP contribution in [0.15, 0.2) is 78.9 Å². The summed E-state index contributed by atoms with van der Waals surface area (Å²) in [7, 11) is 0. The highest BCUT2D eigenvalue weighted by Crippen LogP contribution is 2.46. The summed E-state index contributed by atoms with van der Waals surface area (Å²) in [4.78, 5) is 26.5. The maximum Gasteiger partial charge on any atom is 0.277 e. The Labute approximate surface area is 178 Å². The van der Waals surface area contributed by atoms with Crippen LogP contribution in [0.3, 0.4) is 0 Å². The van der Waals surface area contributed by atoms with E-state index in [0.717, 1.165) is 11.1 Å². The van der Waals surface area contributed by atoms with E-state index in [1.54, 1.807) is 23.1 Å². The van der Waals surface area contributed by atoms with Crippen molar-refractivity contribution in [3.63, 3.8) is 0 Å². The van der Waals surface area contributed by atoms with Crippen LogP contribution in [-0.2, 0) is 0 Å². The van der Waals surface area contributed by atoms with E-state index in [1.165, 1.54) is 6.07 Å². The largest absolute Gasteiger partial charge is 0.295 e. The Balaban J connectivity index is 1.77. The van der Waals surface area contributed by atoms with Crippen LogP contribution in [0.4, 0.5) is 11.4 Å². The molecule has 31 heavy (non-hydrogen) atoms. The quantitative estimate of drug-likeness (QED) is 0.377. The molecule has 0 radical (unpaired) electrons. The second-order valence-electron chi connectivity index (χ2n) is 7.46. The Morgan fingerprint density at radius 1 is 0.968 bits per heavy atom. The highest BCUT2D eigenvalue weighted by Gasteiger charge is 2.45. The van der Waals surface area contributed by atoms with Gasteiger partial charge in [0.15, 0.2) is 0 Å². The number of nitro benzene ring substituents is 1. The van der Waals surface area contributed by atoms with Crippen LogP contribution in [0.2, 0.25) is 0 Å². The molecule has 1 amide bonds. The zero-order valence-electron chi connectivity index (χ0n) is 16.6. The zero-order chi connectivity index (χ0) is 21.5. The summed E-state index contributed by atoms with van der Waals surface area (Å²) < 4.78 is 0. The lowest BCUT2D eigenvalue weighted by atomic mass is 9.94. The van der Waals surface area contributed by atoms with Gasteiger partial charge in [-0.2, -0.15) is 5.10 Å². The first-order valence-corrected chi connectivity index (χ1v) is 9.83. The highest BCUT2D eigenvalue weighted by atomic mass is 16.6. The molecule has 3 aromatic carbocycles. The van der Waals surface area contributed by atoms with Crippen molar-refractivity contribution in [2.24, 2.45) is 0 Å². The number of H-pyrrole nitrogens is 1. The smallest absolute Gasteiger partial charge is 0.277 e. The standard InChI is InChI=1S/C24H18N4O3/c1-15-11-13-16(14-12-15)21-20-22(26-25-21)24(29)27(17-7-3-2-4-8-17)23(20)18-9-5-6-10-19(18)28(30)31/h2-14,23H,1H3,(H,25,26)/t23-/m1/s1. The van der Waals surface area contributed by atoms with E-state index >= 15 is 0 Å². The number of hydrogen-bond acceptors (Lipinski definition) is 4. The summed E-state index contributed by atoms with van der Waals surface area (Å²) in [5, 5.41) is 19.1. The maximum atomic E-state index is 13.4. The van der Waals surface area contributed by atoms with Gasteiger partial charge in [-0.05, 0) is 25.1 Å². The lowest BCUT2D eigenvalue weighted by Gasteiger charge is -2.26. The van der Waals surface area contributed by atoms with Crippen molar-refractivity contribution in [3.05, 3.63) is 111 Å². The first-order valence-electron chi connectivity index (χ1n) is 9.83. The number of aromatic nitrogens is 2. The number of carbonyl (C=O) groups is 1. The van der Waals surface area contributed by atoms with E-state index in [0.29, 0.717) is 28.2 Å². The van der Waals surface area contributed by atoms with Crippen LogP contribution < -0.4 is 4.90 Å². The fourth-order valence-electron chi connectivity index (χ4n) is 4.11. The molecule has 1 aliphatic rings. The van der Waals surface area contributed by atoms with Crippen molar-refractivity contribution >= 4 is 17.3 Å². The molecule has 7 heteroatoms. The number of rotatable bonds is 4. The van der Waals surface area contributed by atoms with Gasteiger partial charge in [0.05, 0.1) is 22.2 Å². The molecule has 2 heterocycles. The molecule has 1 atom stereocenters. The molecule has 0 spiro atoms. The second-order valence-corrected chi connectivity index (χ2v) is 7.46. The molecule has 152 valence electrons. The van der Waals surface area contributed by atoms with Gasteiger partial charge in [0.25, 0.3) is 11.6 Å². The third-order valence-corrected chi connectivity index (χ3v) is 5.56. The summed E-state index contributed by atoms with van der Waals surface area (Å²) in [6.07, 6.45) is 0. The van der Waals surface area contributed by atoms with Crippen molar-refractivity contribution in [3.8, 4) is 11.3 Å². The molecule has 0 aliphatic carbocycles. The number of fused-ring (bicyclic) bond motifs is 1. The third kappa shape index (κ3) is 2.98. The van der Waals surface area contributed by atoms with Crippen molar-refractivity contribution in [1.82, 2.24) is 10.2 Å². The summed E-state index contributed by atoms with van der Waals surface area (Å²) >= 11 is 0. The topological polar surface area (TPSA) is 92.1 Å². The van der Waals surface area contributed by atoms with E-state index in [4.69, 9.17) is 0 Å². The minimum absolute atomic E-state index is 0.0369. The highest BCUT2D eigenvalue weighted by molar-refractivity contribution is 6.11. The Hall–Kier alpha value is -4.26. The van der Waals surface area contributed by atoms with Gasteiger partial charge in [0.1, 0.15) is 5.69 Å². The SMILES string of the molecule is Cc1ccc(-c2n[nH]c3c2[C@@H](c2ccccc2[N+](=O)[O-])N(c2ccccc2)C3=O)cc1. The van der Waals surface area contributed by atoms with Gasteiger partial charge in [-0.3, -0.25) is 24.9 Å². The predicted octanol–water partition coefficient (Wildman–Crippen LogP) is 5.04. The van der Waals surface area contributed by atoms with E-state index in [9.17, 15) is 14.9 Å². The number of nitrogens with one attached hydrogen (secondary N) is 1. The molecule has 1 aromatic heterocycles. The number of anilines is 1. The summed E-state index contributed by atoms with van der Waals surface area (Å²) in [6.45, 7) is 2.00. The molecular formula is C24H18N4O3. The lowest BCUT2D eigenvalue weighted by Crippen LogP contribution is -2.29. The van der Waals surface area contributed by atoms with Crippen molar-refractivity contribution in [2.45, 2.75) is 13.0 Å². The Morgan fingerprint density at radius 3 is 2.35 bits per heavy atom. The number of nitro groups is 1. The Morgan fingerprint density at radius 2 is 1.65 bits per heavy atom. The first-order chi connectivity index (χ1) is 15.1. The number of nitrogens with zero attached hydrogens (tertiary/aromatic N) is 3. The minimum atomic E-state index is -0.679. The molecule has 0 saturated heterocycles. The van der Waals surface area contributed by atoms with Crippen LogP contribution in [-0.4, -0.2) is 21.0 Å². The molecule has 0 bridgehead atoms. The number of aromatic amines is 1. The average Bonchev–Trinajstić information content (AvgIpc) is 3.34. The minimum Gasteiger partial charge on any atom is -0.295 e. The lowest BCUT2D eigenvalue weighted by molar-refractivity contribution is -0.385. The van der Waals surface area contributed by atoms with Gasteiger partial charge in [0.2, 0.25) is 0 Å². The van der Waals surface area contributed by atoms with Crippen LogP contribution in [0, 0.1) is 17.0 Å². The normalized spacial score (nSPS) is 15.2. The van der Waals surface area contributed by atoms with Crippen molar-refractivity contribution in [1.29, 1.82) is 0 Å². The molecule has 5 rings (SSSR count). The molecule has 4 aromatic rings. The summed E-state index contributed by atoms with van der Waals surface area (Å²) in [5.74, 6) is -0.268. The van der Waals surface area contributed by atoms with Gasteiger partial charge >= 0.3 is 0 Å². The van der Waals surface area contributed by atoms with Crippen LogP contribution in [0.5, 0.6) is 0 Å². The van der Waals surface area contributed by atoms with Gasteiger partial charge in [-0.1, -0.05) is 60.2 Å². The number of aryl methyl sites for hydroxylation is 1. The maximum absolute atomic E-state index is 13.4. The zero-order valence-corrected chi connectivity index (χ0v) is 16.6. The Bertz CT molecular complexity index is 1300. The van der Waals surface area contributed by atoms with Crippen molar-refractivity contribution < 1.29 is 9.72 Å². The first kappa shape index (κ1) is 18.7. The van der Waals surface area contributed by atoms with Crippen LogP contribution >= 0.6 is 0 Å². The number of benzene rings is 3. The molecule has 1 N–H and O–H groups in total. The molecule has 0 saturated carbocycles. The molecule has 0 fully saturated rings. The summed E-state index contributed by atoms with van der Waals surface area (Å²) in [6, 6.07) is 22.9.